The lowest BCUT2D eigenvalue weighted by atomic mass is 9.98. The summed E-state index contributed by atoms with van der Waals surface area (Å²) in [6.07, 6.45) is 0.364. The number of aliphatic carboxylic acids is 1. The lowest BCUT2D eigenvalue weighted by Gasteiger charge is -2.24. The molecule has 0 aromatic heterocycles. The van der Waals surface area contributed by atoms with E-state index in [4.69, 9.17) is 9.84 Å². The number of nitrogens with one attached hydrogen (secondary N) is 2. The van der Waals surface area contributed by atoms with E-state index in [1.807, 2.05) is 38.1 Å². The number of hydrogen-bond donors (Lipinski definition) is 3. The van der Waals surface area contributed by atoms with Gasteiger partial charge in [0.1, 0.15) is 12.6 Å². The molecule has 2 aromatic carbocycles. The van der Waals surface area contributed by atoms with Crippen LogP contribution < -0.4 is 10.6 Å². The van der Waals surface area contributed by atoms with Crippen LogP contribution in [0.2, 0.25) is 0 Å². The van der Waals surface area contributed by atoms with Crippen molar-refractivity contribution in [2.75, 3.05) is 13.2 Å². The van der Waals surface area contributed by atoms with Crippen LogP contribution in [0.3, 0.4) is 0 Å². The maximum absolute atomic E-state index is 12.7. The Morgan fingerprint density at radius 1 is 1.00 bits per heavy atom. The fourth-order valence-corrected chi connectivity index (χ4v) is 4.11. The minimum Gasteiger partial charge on any atom is -0.481 e. The van der Waals surface area contributed by atoms with Gasteiger partial charge in [0.25, 0.3) is 0 Å². The summed E-state index contributed by atoms with van der Waals surface area (Å²) >= 11 is 0. The summed E-state index contributed by atoms with van der Waals surface area (Å²) in [5.74, 6) is -1.96. The van der Waals surface area contributed by atoms with Crippen molar-refractivity contribution in [3.63, 3.8) is 0 Å². The monoisotopic (exact) mass is 452 g/mol. The molecule has 7 heteroatoms. The molecule has 0 saturated heterocycles. The van der Waals surface area contributed by atoms with Gasteiger partial charge in [0, 0.05) is 12.5 Å². The van der Waals surface area contributed by atoms with Crippen LogP contribution in [-0.4, -0.2) is 42.3 Å². The molecule has 7 nitrogen and oxygen atoms in total. The largest absolute Gasteiger partial charge is 0.481 e. The molecule has 0 bridgehead atoms. The first-order chi connectivity index (χ1) is 15.8. The number of alkyl carbamates (subject to hydrolysis) is 1. The third kappa shape index (κ3) is 5.72. The van der Waals surface area contributed by atoms with E-state index in [-0.39, 0.29) is 30.9 Å². The van der Waals surface area contributed by atoms with E-state index in [2.05, 4.69) is 34.9 Å². The number of benzene rings is 2. The SMILES string of the molecule is CC[C@H](C)[C@H](NC(=O)OCC1c2ccccc2-c2ccccc21)C(=O)NCCC(C)C(=O)O. The van der Waals surface area contributed by atoms with E-state index in [1.54, 1.807) is 6.92 Å². The average Bonchev–Trinajstić information content (AvgIpc) is 3.14. The van der Waals surface area contributed by atoms with Gasteiger partial charge >= 0.3 is 12.1 Å². The van der Waals surface area contributed by atoms with Crippen LogP contribution in [0.4, 0.5) is 4.79 Å². The molecule has 1 unspecified atom stereocenters. The molecule has 1 aliphatic rings. The first-order valence-corrected chi connectivity index (χ1v) is 11.5. The predicted octanol–water partition coefficient (Wildman–Crippen LogP) is 4.17. The molecule has 0 heterocycles. The molecule has 0 radical (unpaired) electrons. The quantitative estimate of drug-likeness (QED) is 0.502. The molecule has 2 aromatic rings. The highest BCUT2D eigenvalue weighted by Crippen LogP contribution is 2.44. The second-order valence-corrected chi connectivity index (χ2v) is 8.65. The molecule has 1 aliphatic carbocycles. The number of ether oxygens (including phenoxy) is 1. The van der Waals surface area contributed by atoms with E-state index in [0.717, 1.165) is 22.3 Å². The Labute approximate surface area is 194 Å². The van der Waals surface area contributed by atoms with Gasteiger partial charge in [-0.05, 0) is 34.6 Å². The number of carbonyl (C=O) groups is 3. The second-order valence-electron chi connectivity index (χ2n) is 8.65. The molecule has 0 fully saturated rings. The fourth-order valence-electron chi connectivity index (χ4n) is 4.11. The van der Waals surface area contributed by atoms with Gasteiger partial charge in [0.05, 0.1) is 5.92 Å². The molecular weight excluding hydrogens is 420 g/mol. The van der Waals surface area contributed by atoms with Gasteiger partial charge in [-0.15, -0.1) is 0 Å². The normalized spacial score (nSPS) is 15.0. The van der Waals surface area contributed by atoms with Crippen molar-refractivity contribution < 1.29 is 24.2 Å². The average molecular weight is 453 g/mol. The molecule has 0 spiro atoms. The third-order valence-electron chi connectivity index (χ3n) is 6.41. The number of rotatable bonds is 10. The Morgan fingerprint density at radius 2 is 1.58 bits per heavy atom. The lowest BCUT2D eigenvalue weighted by Crippen LogP contribution is -2.50. The number of carboxylic acids is 1. The Bertz CT molecular complexity index is 960. The fraction of sp³-hybridized carbons (Fsp3) is 0.423. The van der Waals surface area contributed by atoms with Gasteiger partial charge in [-0.1, -0.05) is 75.7 Å². The summed E-state index contributed by atoms with van der Waals surface area (Å²) in [5.41, 5.74) is 4.54. The Balaban J connectivity index is 1.61. The lowest BCUT2D eigenvalue weighted by molar-refractivity contribution is -0.141. The van der Waals surface area contributed by atoms with Crippen LogP contribution in [0, 0.1) is 11.8 Å². The minimum absolute atomic E-state index is 0.0588. The number of hydrogen-bond acceptors (Lipinski definition) is 4. The molecule has 0 aliphatic heterocycles. The van der Waals surface area contributed by atoms with E-state index < -0.39 is 24.0 Å². The summed E-state index contributed by atoms with van der Waals surface area (Å²) in [5, 5.41) is 14.4. The molecule has 0 saturated carbocycles. The first kappa shape index (κ1) is 24.3. The topological polar surface area (TPSA) is 105 Å². The van der Waals surface area contributed by atoms with Crippen molar-refractivity contribution in [3.05, 3.63) is 59.7 Å². The molecule has 3 rings (SSSR count). The van der Waals surface area contributed by atoms with Crippen LogP contribution in [0.5, 0.6) is 0 Å². The molecule has 3 N–H and O–H groups in total. The summed E-state index contributed by atoms with van der Waals surface area (Å²) < 4.78 is 5.58. The number of carboxylic acid groups (broad SMARTS) is 1. The summed E-state index contributed by atoms with van der Waals surface area (Å²) in [6.45, 7) is 5.82. The molecule has 2 amide bonds. The Morgan fingerprint density at radius 3 is 2.12 bits per heavy atom. The van der Waals surface area contributed by atoms with Crippen LogP contribution in [0.15, 0.2) is 48.5 Å². The van der Waals surface area contributed by atoms with E-state index >= 15 is 0 Å². The Hall–Kier alpha value is -3.35. The molecule has 33 heavy (non-hydrogen) atoms. The van der Waals surface area contributed by atoms with Gasteiger partial charge in [0.2, 0.25) is 5.91 Å². The third-order valence-corrected chi connectivity index (χ3v) is 6.41. The van der Waals surface area contributed by atoms with E-state index in [9.17, 15) is 14.4 Å². The van der Waals surface area contributed by atoms with Crippen molar-refractivity contribution in [3.8, 4) is 11.1 Å². The predicted molar refractivity (Wildman–Crippen MR) is 126 cm³/mol. The highest BCUT2D eigenvalue weighted by Gasteiger charge is 2.30. The van der Waals surface area contributed by atoms with Crippen LogP contribution in [-0.2, 0) is 14.3 Å². The Kier molecular flexibility index (Phi) is 8.09. The first-order valence-electron chi connectivity index (χ1n) is 11.5. The molecule has 3 atom stereocenters. The zero-order valence-electron chi connectivity index (χ0n) is 19.3. The smallest absolute Gasteiger partial charge is 0.407 e. The zero-order chi connectivity index (χ0) is 24.0. The highest BCUT2D eigenvalue weighted by molar-refractivity contribution is 5.86. The van der Waals surface area contributed by atoms with Crippen molar-refractivity contribution in [2.45, 2.75) is 45.6 Å². The van der Waals surface area contributed by atoms with Gasteiger partial charge in [-0.25, -0.2) is 4.79 Å². The van der Waals surface area contributed by atoms with Crippen LogP contribution >= 0.6 is 0 Å². The molecular formula is C26H32N2O5. The van der Waals surface area contributed by atoms with Gasteiger partial charge < -0.3 is 20.5 Å². The van der Waals surface area contributed by atoms with Gasteiger partial charge in [0.15, 0.2) is 0 Å². The number of carbonyl (C=O) groups excluding carboxylic acids is 2. The minimum atomic E-state index is -0.903. The highest BCUT2D eigenvalue weighted by atomic mass is 16.5. The standard InChI is InChI=1S/C26H32N2O5/c1-4-16(2)23(24(29)27-14-13-17(3)25(30)31)28-26(32)33-15-22-20-11-7-5-9-18(20)19-10-6-8-12-21(19)22/h5-12,16-17,22-23H,4,13-15H2,1-3H3,(H,27,29)(H,28,32)(H,30,31)/t16-,17?,23-/m0/s1. The van der Waals surface area contributed by atoms with Crippen molar-refractivity contribution in [1.82, 2.24) is 10.6 Å². The van der Waals surface area contributed by atoms with E-state index in [0.29, 0.717) is 12.8 Å². The second kappa shape index (κ2) is 11.0. The van der Waals surface area contributed by atoms with Crippen molar-refractivity contribution in [2.24, 2.45) is 11.8 Å². The van der Waals surface area contributed by atoms with Gasteiger partial charge in [-0.3, -0.25) is 9.59 Å². The molecule has 176 valence electrons. The summed E-state index contributed by atoms with van der Waals surface area (Å²) in [6, 6.07) is 15.4. The number of amides is 2. The van der Waals surface area contributed by atoms with Crippen molar-refractivity contribution in [1.29, 1.82) is 0 Å². The van der Waals surface area contributed by atoms with Crippen molar-refractivity contribution >= 4 is 18.0 Å². The summed E-state index contributed by atoms with van der Waals surface area (Å²) in [4.78, 5) is 36.3. The van der Waals surface area contributed by atoms with E-state index in [1.165, 1.54) is 0 Å². The van der Waals surface area contributed by atoms with Crippen LogP contribution in [0.1, 0.15) is 50.7 Å². The number of fused-ring (bicyclic) bond motifs is 3. The van der Waals surface area contributed by atoms with Gasteiger partial charge in [-0.2, -0.15) is 0 Å². The summed E-state index contributed by atoms with van der Waals surface area (Å²) in [7, 11) is 0. The zero-order valence-corrected chi connectivity index (χ0v) is 19.3. The van der Waals surface area contributed by atoms with Crippen LogP contribution in [0.25, 0.3) is 11.1 Å². The maximum atomic E-state index is 12.7. The maximum Gasteiger partial charge on any atom is 0.407 e.